The molecule has 6 heteroatoms. The van der Waals surface area contributed by atoms with Crippen LogP contribution in [-0.4, -0.2) is 29.0 Å². The van der Waals surface area contributed by atoms with E-state index in [1.54, 1.807) is 31.4 Å². The van der Waals surface area contributed by atoms with Gasteiger partial charge in [0, 0.05) is 28.3 Å². The predicted molar refractivity (Wildman–Crippen MR) is 114 cm³/mol. The minimum absolute atomic E-state index is 0.0616. The van der Waals surface area contributed by atoms with Crippen LogP contribution in [0.1, 0.15) is 26.3 Å². The molecule has 0 saturated carbocycles. The largest absolute Gasteiger partial charge is 0.496 e. The molecule has 146 valence electrons. The average molecular weight is 395 g/mol. The Hall–Kier alpha value is -4.19. The number of ketones is 1. The molecule has 6 nitrogen and oxygen atoms in total. The number of amides is 1. The van der Waals surface area contributed by atoms with Gasteiger partial charge in [-0.2, -0.15) is 5.10 Å². The van der Waals surface area contributed by atoms with Gasteiger partial charge in [-0.3, -0.25) is 14.7 Å². The van der Waals surface area contributed by atoms with Crippen molar-refractivity contribution in [2.24, 2.45) is 0 Å². The first kappa shape index (κ1) is 17.9. The summed E-state index contributed by atoms with van der Waals surface area (Å²) in [5, 5.41) is 9.87. The molecular formula is C24H17N3O3. The highest BCUT2D eigenvalue weighted by Gasteiger charge is 2.27. The van der Waals surface area contributed by atoms with Crippen LogP contribution in [0.2, 0.25) is 0 Å². The van der Waals surface area contributed by atoms with Crippen LogP contribution < -0.4 is 10.1 Å². The Morgan fingerprint density at radius 3 is 2.37 bits per heavy atom. The Morgan fingerprint density at radius 1 is 0.867 bits per heavy atom. The third-order valence-corrected chi connectivity index (χ3v) is 5.20. The van der Waals surface area contributed by atoms with Crippen LogP contribution in [0.15, 0.2) is 72.8 Å². The first-order chi connectivity index (χ1) is 14.7. The van der Waals surface area contributed by atoms with Crippen molar-refractivity contribution in [1.82, 2.24) is 10.2 Å². The number of hydrogen-bond donors (Lipinski definition) is 2. The third-order valence-electron chi connectivity index (χ3n) is 5.20. The molecule has 1 aliphatic carbocycles. The van der Waals surface area contributed by atoms with Gasteiger partial charge < -0.3 is 10.1 Å². The molecule has 1 amide bonds. The van der Waals surface area contributed by atoms with E-state index in [1.807, 2.05) is 48.5 Å². The zero-order valence-electron chi connectivity index (χ0n) is 16.1. The lowest BCUT2D eigenvalue weighted by atomic mass is 10.0. The van der Waals surface area contributed by atoms with Crippen molar-refractivity contribution in [3.05, 3.63) is 89.5 Å². The van der Waals surface area contributed by atoms with Crippen molar-refractivity contribution in [2.75, 3.05) is 12.4 Å². The van der Waals surface area contributed by atoms with Crippen molar-refractivity contribution in [2.45, 2.75) is 0 Å². The van der Waals surface area contributed by atoms with Gasteiger partial charge in [-0.25, -0.2) is 0 Å². The van der Waals surface area contributed by atoms with E-state index in [9.17, 15) is 9.59 Å². The van der Waals surface area contributed by atoms with Crippen LogP contribution >= 0.6 is 0 Å². The molecule has 0 spiro atoms. The van der Waals surface area contributed by atoms with Crippen LogP contribution in [0.25, 0.3) is 22.4 Å². The lowest BCUT2D eigenvalue weighted by Crippen LogP contribution is -2.12. The van der Waals surface area contributed by atoms with E-state index in [-0.39, 0.29) is 11.7 Å². The van der Waals surface area contributed by atoms with Crippen LogP contribution in [0.4, 0.5) is 5.82 Å². The Labute approximate surface area is 172 Å². The van der Waals surface area contributed by atoms with Gasteiger partial charge in [0.15, 0.2) is 11.6 Å². The highest BCUT2D eigenvalue weighted by atomic mass is 16.5. The molecule has 1 heterocycles. The van der Waals surface area contributed by atoms with Crippen molar-refractivity contribution in [3.63, 3.8) is 0 Å². The number of para-hydroxylation sites is 1. The molecule has 0 atom stereocenters. The zero-order chi connectivity index (χ0) is 20.7. The number of aromatic amines is 1. The topological polar surface area (TPSA) is 84.1 Å². The van der Waals surface area contributed by atoms with E-state index in [0.29, 0.717) is 28.3 Å². The maximum Gasteiger partial charge on any atom is 0.256 e. The van der Waals surface area contributed by atoms with Crippen molar-refractivity contribution in [1.29, 1.82) is 0 Å². The second-order valence-corrected chi connectivity index (χ2v) is 6.96. The van der Waals surface area contributed by atoms with Gasteiger partial charge in [0.25, 0.3) is 5.91 Å². The Bertz CT molecular complexity index is 1310. The molecule has 0 aliphatic heterocycles. The molecule has 0 fully saturated rings. The normalized spacial score (nSPS) is 11.7. The molecule has 0 radical (unpaired) electrons. The van der Waals surface area contributed by atoms with Crippen LogP contribution in [0.5, 0.6) is 5.75 Å². The van der Waals surface area contributed by atoms with E-state index in [0.717, 1.165) is 22.4 Å². The number of carbonyl (C=O) groups is 2. The van der Waals surface area contributed by atoms with Gasteiger partial charge in [-0.15, -0.1) is 0 Å². The number of methoxy groups -OCH3 is 1. The molecule has 30 heavy (non-hydrogen) atoms. The maximum atomic E-state index is 12.8. The number of nitrogens with one attached hydrogen (secondary N) is 2. The summed E-state index contributed by atoms with van der Waals surface area (Å²) in [6.45, 7) is 0. The summed E-state index contributed by atoms with van der Waals surface area (Å²) in [7, 11) is 1.60. The number of hydrogen-bond acceptors (Lipinski definition) is 4. The van der Waals surface area contributed by atoms with Gasteiger partial charge in [-0.05, 0) is 35.4 Å². The van der Waals surface area contributed by atoms with Crippen molar-refractivity contribution >= 4 is 17.5 Å². The van der Waals surface area contributed by atoms with Gasteiger partial charge in [0.1, 0.15) is 5.75 Å². The van der Waals surface area contributed by atoms with E-state index < -0.39 is 0 Å². The zero-order valence-corrected chi connectivity index (χ0v) is 16.1. The van der Waals surface area contributed by atoms with E-state index in [4.69, 9.17) is 4.74 Å². The minimum atomic E-state index is -0.334. The predicted octanol–water partition coefficient (Wildman–Crippen LogP) is 4.55. The quantitative estimate of drug-likeness (QED) is 0.468. The number of anilines is 1. The summed E-state index contributed by atoms with van der Waals surface area (Å²) in [6, 6.07) is 21.9. The van der Waals surface area contributed by atoms with Crippen LogP contribution in [0.3, 0.4) is 0 Å². The average Bonchev–Trinajstić information content (AvgIpc) is 3.36. The smallest absolute Gasteiger partial charge is 0.256 e. The monoisotopic (exact) mass is 395 g/mol. The summed E-state index contributed by atoms with van der Waals surface area (Å²) in [4.78, 5) is 25.4. The SMILES string of the molecule is COc1ccccc1-c1cc(NC(=O)c2ccc3c(c2)C(=O)c2ccccc2-3)n[nH]1. The Balaban J connectivity index is 1.40. The second kappa shape index (κ2) is 7.00. The highest BCUT2D eigenvalue weighted by molar-refractivity contribution is 6.22. The molecule has 0 unspecified atom stereocenters. The fourth-order valence-electron chi connectivity index (χ4n) is 3.75. The lowest BCUT2D eigenvalue weighted by Gasteiger charge is -2.05. The molecule has 4 aromatic rings. The number of carbonyl (C=O) groups excluding carboxylic acids is 2. The summed E-state index contributed by atoms with van der Waals surface area (Å²) >= 11 is 0. The number of aromatic nitrogens is 2. The lowest BCUT2D eigenvalue weighted by molar-refractivity contribution is 0.102. The Kier molecular flexibility index (Phi) is 4.17. The van der Waals surface area contributed by atoms with Gasteiger partial charge >= 0.3 is 0 Å². The third kappa shape index (κ3) is 2.86. The summed E-state index contributed by atoms with van der Waals surface area (Å²) in [6.07, 6.45) is 0. The fourth-order valence-corrected chi connectivity index (χ4v) is 3.75. The number of rotatable bonds is 4. The summed E-state index contributed by atoms with van der Waals surface area (Å²) < 4.78 is 5.37. The van der Waals surface area contributed by atoms with Crippen molar-refractivity contribution in [3.8, 4) is 28.1 Å². The van der Waals surface area contributed by atoms with Crippen LogP contribution in [0, 0.1) is 0 Å². The van der Waals surface area contributed by atoms with Gasteiger partial charge in [0.2, 0.25) is 0 Å². The van der Waals surface area contributed by atoms with E-state index in [2.05, 4.69) is 15.5 Å². The van der Waals surface area contributed by atoms with E-state index >= 15 is 0 Å². The number of nitrogens with zero attached hydrogens (tertiary/aromatic N) is 1. The number of fused-ring (bicyclic) bond motifs is 3. The van der Waals surface area contributed by atoms with Gasteiger partial charge in [0.05, 0.1) is 12.8 Å². The minimum Gasteiger partial charge on any atom is -0.496 e. The van der Waals surface area contributed by atoms with Gasteiger partial charge in [-0.1, -0.05) is 42.5 Å². The standard InChI is InChI=1S/C24H17N3O3/c1-30-21-9-5-4-8-18(21)20-13-22(27-26-20)25-24(29)14-10-11-16-15-6-2-3-7-17(15)23(28)19(16)12-14/h2-13H,1H3,(H2,25,26,27,29). The van der Waals surface area contributed by atoms with Crippen LogP contribution in [-0.2, 0) is 0 Å². The molecule has 3 aromatic carbocycles. The van der Waals surface area contributed by atoms with Crippen molar-refractivity contribution < 1.29 is 14.3 Å². The molecule has 0 saturated heterocycles. The number of H-pyrrole nitrogens is 1. The maximum absolute atomic E-state index is 12.8. The highest BCUT2D eigenvalue weighted by Crippen LogP contribution is 2.37. The summed E-state index contributed by atoms with van der Waals surface area (Å²) in [5.41, 5.74) is 4.93. The second-order valence-electron chi connectivity index (χ2n) is 6.96. The Morgan fingerprint density at radius 2 is 1.57 bits per heavy atom. The first-order valence-electron chi connectivity index (χ1n) is 9.44. The number of benzene rings is 3. The van der Waals surface area contributed by atoms with E-state index in [1.165, 1.54) is 0 Å². The molecule has 2 N–H and O–H groups in total. The number of ether oxygens (including phenoxy) is 1. The first-order valence-corrected chi connectivity index (χ1v) is 9.44. The fraction of sp³-hybridized carbons (Fsp3) is 0.0417. The molecular weight excluding hydrogens is 378 g/mol. The molecule has 5 rings (SSSR count). The molecule has 1 aliphatic rings. The molecule has 0 bridgehead atoms. The summed E-state index contributed by atoms with van der Waals surface area (Å²) in [5.74, 6) is 0.694. The molecule has 1 aromatic heterocycles.